The van der Waals surface area contributed by atoms with Crippen LogP contribution in [0.2, 0.25) is 0 Å². The molecule has 0 bridgehead atoms. The summed E-state index contributed by atoms with van der Waals surface area (Å²) in [7, 11) is -3.82. The molecule has 0 aliphatic carbocycles. The number of hydrogen-bond acceptors (Lipinski definition) is 5. The van der Waals surface area contributed by atoms with Crippen molar-refractivity contribution in [1.82, 2.24) is 4.98 Å². The standard InChI is InChI=1S/C12H12N4O3S/c13-8-4-5-15-11(6-8)12(17)16-9-2-1-3-10(7-9)20(14,18)19/h1-7H,(H2,13,15)(H,16,17)(H2,14,18,19). The minimum Gasteiger partial charge on any atom is -0.399 e. The molecule has 104 valence electrons. The van der Waals surface area contributed by atoms with Crippen LogP contribution in [0.5, 0.6) is 0 Å². The van der Waals surface area contributed by atoms with Gasteiger partial charge in [0.2, 0.25) is 10.0 Å². The number of carbonyl (C=O) groups is 1. The molecule has 2 aromatic rings. The largest absolute Gasteiger partial charge is 0.399 e. The van der Waals surface area contributed by atoms with Crippen molar-refractivity contribution in [3.8, 4) is 0 Å². The molecular weight excluding hydrogens is 280 g/mol. The van der Waals surface area contributed by atoms with Crippen molar-refractivity contribution < 1.29 is 13.2 Å². The number of aromatic nitrogens is 1. The maximum absolute atomic E-state index is 11.9. The van der Waals surface area contributed by atoms with E-state index in [4.69, 9.17) is 10.9 Å². The van der Waals surface area contributed by atoms with Crippen LogP contribution in [0.25, 0.3) is 0 Å². The summed E-state index contributed by atoms with van der Waals surface area (Å²) in [6, 6.07) is 8.58. The van der Waals surface area contributed by atoms with E-state index in [1.54, 1.807) is 12.1 Å². The maximum Gasteiger partial charge on any atom is 0.274 e. The Morgan fingerprint density at radius 3 is 2.60 bits per heavy atom. The van der Waals surface area contributed by atoms with Crippen molar-refractivity contribution in [1.29, 1.82) is 0 Å². The maximum atomic E-state index is 11.9. The van der Waals surface area contributed by atoms with E-state index in [1.807, 2.05) is 0 Å². The number of amides is 1. The van der Waals surface area contributed by atoms with Gasteiger partial charge >= 0.3 is 0 Å². The van der Waals surface area contributed by atoms with Gasteiger partial charge in [0.1, 0.15) is 5.69 Å². The molecule has 1 aromatic heterocycles. The number of anilines is 2. The fraction of sp³-hybridized carbons (Fsp3) is 0. The minimum absolute atomic E-state index is 0.0872. The van der Waals surface area contributed by atoms with Gasteiger partial charge in [0.25, 0.3) is 5.91 Å². The number of rotatable bonds is 3. The molecule has 0 saturated carbocycles. The van der Waals surface area contributed by atoms with Gasteiger partial charge < -0.3 is 11.1 Å². The Kier molecular flexibility index (Phi) is 3.68. The molecule has 7 nitrogen and oxygen atoms in total. The fourth-order valence-electron chi connectivity index (χ4n) is 1.52. The molecular formula is C12H12N4O3S. The molecule has 1 amide bonds. The van der Waals surface area contributed by atoms with Gasteiger partial charge in [-0.3, -0.25) is 9.78 Å². The van der Waals surface area contributed by atoms with E-state index in [0.717, 1.165) is 0 Å². The van der Waals surface area contributed by atoms with Gasteiger partial charge in [-0.1, -0.05) is 6.07 Å². The highest BCUT2D eigenvalue weighted by Crippen LogP contribution is 2.15. The van der Waals surface area contributed by atoms with Crippen molar-refractivity contribution >= 4 is 27.3 Å². The summed E-state index contributed by atoms with van der Waals surface area (Å²) in [5, 5.41) is 7.54. The van der Waals surface area contributed by atoms with Gasteiger partial charge in [-0.2, -0.15) is 0 Å². The first-order valence-corrected chi connectivity index (χ1v) is 7.06. The summed E-state index contributed by atoms with van der Waals surface area (Å²) in [6.45, 7) is 0. The van der Waals surface area contributed by atoms with Gasteiger partial charge in [-0.05, 0) is 30.3 Å². The molecule has 0 unspecified atom stereocenters. The first-order chi connectivity index (χ1) is 9.36. The lowest BCUT2D eigenvalue weighted by Gasteiger charge is -2.06. The Labute approximate surface area is 115 Å². The Hall–Kier alpha value is -2.45. The molecule has 1 heterocycles. The average molecular weight is 292 g/mol. The second kappa shape index (κ2) is 5.27. The molecule has 2 rings (SSSR count). The van der Waals surface area contributed by atoms with Crippen LogP contribution in [-0.4, -0.2) is 19.3 Å². The summed E-state index contributed by atoms with van der Waals surface area (Å²) in [6.07, 6.45) is 1.41. The van der Waals surface area contributed by atoms with Crippen LogP contribution < -0.4 is 16.2 Å². The van der Waals surface area contributed by atoms with Crippen LogP contribution in [0, 0.1) is 0 Å². The van der Waals surface area contributed by atoms with Gasteiger partial charge in [-0.25, -0.2) is 13.6 Å². The number of sulfonamides is 1. The highest BCUT2D eigenvalue weighted by molar-refractivity contribution is 7.89. The number of nitrogens with zero attached hydrogens (tertiary/aromatic N) is 1. The van der Waals surface area contributed by atoms with Crippen LogP contribution in [0.15, 0.2) is 47.5 Å². The molecule has 0 aliphatic rings. The predicted molar refractivity (Wildman–Crippen MR) is 74.4 cm³/mol. The monoisotopic (exact) mass is 292 g/mol. The second-order valence-electron chi connectivity index (χ2n) is 4.00. The third-order valence-corrected chi connectivity index (χ3v) is 3.35. The van der Waals surface area contributed by atoms with E-state index in [0.29, 0.717) is 11.4 Å². The minimum atomic E-state index is -3.82. The molecule has 0 atom stereocenters. The van der Waals surface area contributed by atoms with Crippen molar-refractivity contribution in [2.24, 2.45) is 5.14 Å². The van der Waals surface area contributed by atoms with Crippen LogP contribution in [0.3, 0.4) is 0 Å². The fourth-order valence-corrected chi connectivity index (χ4v) is 2.08. The average Bonchev–Trinajstić information content (AvgIpc) is 2.38. The van der Waals surface area contributed by atoms with E-state index in [1.165, 1.54) is 30.5 Å². The third-order valence-electron chi connectivity index (χ3n) is 2.44. The smallest absolute Gasteiger partial charge is 0.274 e. The molecule has 0 radical (unpaired) electrons. The normalized spacial score (nSPS) is 11.1. The molecule has 8 heteroatoms. The molecule has 0 fully saturated rings. The van der Waals surface area contributed by atoms with E-state index >= 15 is 0 Å². The summed E-state index contributed by atoms with van der Waals surface area (Å²) in [4.78, 5) is 15.7. The summed E-state index contributed by atoms with van der Waals surface area (Å²) in [5.74, 6) is -0.496. The Balaban J connectivity index is 2.25. The first kappa shape index (κ1) is 14.0. The van der Waals surface area contributed by atoms with Crippen LogP contribution in [0.1, 0.15) is 10.5 Å². The summed E-state index contributed by atoms with van der Waals surface area (Å²) >= 11 is 0. The van der Waals surface area contributed by atoms with Crippen molar-refractivity contribution in [3.63, 3.8) is 0 Å². The number of nitrogen functional groups attached to an aromatic ring is 1. The first-order valence-electron chi connectivity index (χ1n) is 5.52. The SMILES string of the molecule is Nc1ccnc(C(=O)Nc2cccc(S(N)(=O)=O)c2)c1. The predicted octanol–water partition coefficient (Wildman–Crippen LogP) is 0.563. The molecule has 1 aromatic carbocycles. The zero-order chi connectivity index (χ0) is 14.8. The molecule has 20 heavy (non-hydrogen) atoms. The van der Waals surface area contributed by atoms with Crippen LogP contribution in [0.4, 0.5) is 11.4 Å². The number of pyridine rings is 1. The topological polar surface area (TPSA) is 128 Å². The van der Waals surface area contributed by atoms with Crippen molar-refractivity contribution in [2.45, 2.75) is 4.90 Å². The Morgan fingerprint density at radius 1 is 1.20 bits per heavy atom. The van der Waals surface area contributed by atoms with E-state index in [9.17, 15) is 13.2 Å². The van der Waals surface area contributed by atoms with E-state index in [2.05, 4.69) is 10.3 Å². The number of primary sulfonamides is 1. The highest BCUT2D eigenvalue weighted by atomic mass is 32.2. The Morgan fingerprint density at radius 2 is 1.95 bits per heavy atom. The molecule has 0 aliphatic heterocycles. The highest BCUT2D eigenvalue weighted by Gasteiger charge is 2.11. The Bertz CT molecular complexity index is 759. The third kappa shape index (κ3) is 3.31. The molecule has 0 spiro atoms. The quantitative estimate of drug-likeness (QED) is 0.761. The molecule has 0 saturated heterocycles. The van der Waals surface area contributed by atoms with Gasteiger partial charge in [0, 0.05) is 17.6 Å². The zero-order valence-electron chi connectivity index (χ0n) is 10.3. The van der Waals surface area contributed by atoms with E-state index < -0.39 is 15.9 Å². The lowest BCUT2D eigenvalue weighted by Crippen LogP contribution is -2.15. The zero-order valence-corrected chi connectivity index (χ0v) is 11.1. The lowest BCUT2D eigenvalue weighted by molar-refractivity contribution is 0.102. The van der Waals surface area contributed by atoms with Gasteiger partial charge in [0.05, 0.1) is 4.90 Å². The van der Waals surface area contributed by atoms with E-state index in [-0.39, 0.29) is 10.6 Å². The van der Waals surface area contributed by atoms with Crippen molar-refractivity contribution in [3.05, 3.63) is 48.3 Å². The number of benzene rings is 1. The van der Waals surface area contributed by atoms with Crippen molar-refractivity contribution in [2.75, 3.05) is 11.1 Å². The summed E-state index contributed by atoms with van der Waals surface area (Å²) < 4.78 is 22.4. The van der Waals surface area contributed by atoms with Gasteiger partial charge in [-0.15, -0.1) is 0 Å². The van der Waals surface area contributed by atoms with Crippen LogP contribution >= 0.6 is 0 Å². The second-order valence-corrected chi connectivity index (χ2v) is 5.56. The van der Waals surface area contributed by atoms with Crippen LogP contribution in [-0.2, 0) is 10.0 Å². The number of nitrogens with one attached hydrogen (secondary N) is 1. The summed E-state index contributed by atoms with van der Waals surface area (Å²) in [5.41, 5.74) is 6.39. The number of nitrogens with two attached hydrogens (primary N) is 2. The number of hydrogen-bond donors (Lipinski definition) is 3. The lowest BCUT2D eigenvalue weighted by atomic mass is 10.3. The number of carbonyl (C=O) groups excluding carboxylic acids is 1. The van der Waals surface area contributed by atoms with Gasteiger partial charge in [0.15, 0.2) is 0 Å². The molecule has 5 N–H and O–H groups in total.